The zero-order valence-electron chi connectivity index (χ0n) is 22.2. The molecule has 7 nitrogen and oxygen atoms in total. The minimum Gasteiger partial charge on any atom is -0.354 e. The van der Waals surface area contributed by atoms with Crippen LogP contribution in [-0.2, 0) is 26.2 Å². The average molecular weight is 574 g/mol. The van der Waals surface area contributed by atoms with Crippen molar-refractivity contribution < 1.29 is 22.4 Å². The van der Waals surface area contributed by atoms with Crippen molar-refractivity contribution in [3.63, 3.8) is 0 Å². The fraction of sp³-hybridized carbons (Fsp3) is 0.310. The molecule has 1 atom stereocenters. The van der Waals surface area contributed by atoms with Crippen molar-refractivity contribution in [3.05, 3.63) is 94.8 Å². The van der Waals surface area contributed by atoms with Gasteiger partial charge in [-0.05, 0) is 56.2 Å². The molecule has 0 aliphatic carbocycles. The molecule has 0 heterocycles. The summed E-state index contributed by atoms with van der Waals surface area (Å²) in [5.74, 6) is -1.62. The lowest BCUT2D eigenvalue weighted by Gasteiger charge is -2.32. The summed E-state index contributed by atoms with van der Waals surface area (Å²) in [6.07, 6.45) is 1.63. The summed E-state index contributed by atoms with van der Waals surface area (Å²) in [6.45, 7) is 4.89. The van der Waals surface area contributed by atoms with E-state index in [1.54, 1.807) is 50.2 Å². The quantitative estimate of drug-likeness (QED) is 0.297. The van der Waals surface area contributed by atoms with E-state index in [1.165, 1.54) is 41.3 Å². The summed E-state index contributed by atoms with van der Waals surface area (Å²) in [6, 6.07) is 17.4. The third kappa shape index (κ3) is 7.58. The zero-order valence-corrected chi connectivity index (χ0v) is 23.8. The Balaban J connectivity index is 2.02. The minimum absolute atomic E-state index is 0.0134. The van der Waals surface area contributed by atoms with Crippen molar-refractivity contribution in [2.45, 2.75) is 51.1 Å². The van der Waals surface area contributed by atoms with Crippen molar-refractivity contribution in [1.82, 2.24) is 10.2 Å². The fourth-order valence-corrected chi connectivity index (χ4v) is 5.52. The second-order valence-corrected chi connectivity index (χ2v) is 11.5. The second kappa shape index (κ2) is 13.6. The first-order chi connectivity index (χ1) is 18.6. The van der Waals surface area contributed by atoms with Crippen LogP contribution in [0.25, 0.3) is 0 Å². The van der Waals surface area contributed by atoms with Crippen LogP contribution in [0.5, 0.6) is 0 Å². The molecule has 3 rings (SSSR count). The molecule has 39 heavy (non-hydrogen) atoms. The number of sulfonamides is 1. The van der Waals surface area contributed by atoms with E-state index in [0.29, 0.717) is 11.6 Å². The first-order valence-electron chi connectivity index (χ1n) is 12.7. The molecule has 3 aromatic rings. The number of nitrogens with one attached hydrogen (secondary N) is 1. The lowest BCUT2D eigenvalue weighted by atomic mass is 10.1. The molecule has 208 valence electrons. The van der Waals surface area contributed by atoms with E-state index in [4.69, 9.17) is 11.6 Å². The molecule has 0 saturated heterocycles. The van der Waals surface area contributed by atoms with Gasteiger partial charge in [-0.15, -0.1) is 0 Å². The summed E-state index contributed by atoms with van der Waals surface area (Å²) in [4.78, 5) is 28.0. The van der Waals surface area contributed by atoms with Crippen LogP contribution in [0.15, 0.2) is 77.7 Å². The predicted octanol–water partition coefficient (Wildman–Crippen LogP) is 5.32. The number of unbranched alkanes of at least 4 members (excludes halogenated alkanes) is 1. The molecular formula is C29H33ClFN3O4S. The summed E-state index contributed by atoms with van der Waals surface area (Å²) >= 11 is 6.32. The van der Waals surface area contributed by atoms with Gasteiger partial charge in [0.1, 0.15) is 18.4 Å². The highest BCUT2D eigenvalue weighted by Crippen LogP contribution is 2.28. The van der Waals surface area contributed by atoms with Crippen molar-refractivity contribution in [2.24, 2.45) is 0 Å². The number of hydrogen-bond acceptors (Lipinski definition) is 4. The Bertz CT molecular complexity index is 1400. The maximum absolute atomic E-state index is 14.6. The Hall–Kier alpha value is -3.43. The van der Waals surface area contributed by atoms with E-state index < -0.39 is 40.2 Å². The van der Waals surface area contributed by atoms with Crippen molar-refractivity contribution in [2.75, 3.05) is 17.4 Å². The Morgan fingerprint density at radius 1 is 1.03 bits per heavy atom. The molecule has 2 amide bonds. The number of hydrogen-bond donors (Lipinski definition) is 1. The van der Waals surface area contributed by atoms with E-state index >= 15 is 0 Å². The van der Waals surface area contributed by atoms with E-state index in [9.17, 15) is 22.4 Å². The Morgan fingerprint density at radius 2 is 1.69 bits per heavy atom. The first-order valence-corrected chi connectivity index (χ1v) is 14.5. The molecular weight excluding hydrogens is 541 g/mol. The number of carbonyl (C=O) groups is 2. The Kier molecular flexibility index (Phi) is 10.5. The van der Waals surface area contributed by atoms with Gasteiger partial charge < -0.3 is 10.2 Å². The topological polar surface area (TPSA) is 86.8 Å². The number of carbonyl (C=O) groups excluding carboxylic acids is 2. The van der Waals surface area contributed by atoms with Gasteiger partial charge in [-0.3, -0.25) is 13.9 Å². The van der Waals surface area contributed by atoms with Gasteiger partial charge in [0.25, 0.3) is 10.0 Å². The lowest BCUT2D eigenvalue weighted by molar-refractivity contribution is -0.139. The van der Waals surface area contributed by atoms with Crippen LogP contribution in [0.2, 0.25) is 5.02 Å². The molecule has 1 unspecified atom stereocenters. The fourth-order valence-electron chi connectivity index (χ4n) is 3.91. The van der Waals surface area contributed by atoms with Crippen LogP contribution in [0.3, 0.4) is 0 Å². The molecule has 0 bridgehead atoms. The smallest absolute Gasteiger partial charge is 0.264 e. The van der Waals surface area contributed by atoms with E-state index in [2.05, 4.69) is 5.32 Å². The van der Waals surface area contributed by atoms with Gasteiger partial charge in [-0.2, -0.15) is 0 Å². The number of nitrogens with zero attached hydrogens (tertiary/aromatic N) is 2. The normalized spacial score (nSPS) is 12.0. The van der Waals surface area contributed by atoms with Crippen molar-refractivity contribution >= 4 is 39.1 Å². The molecule has 0 fully saturated rings. The molecule has 0 aliphatic heterocycles. The zero-order chi connectivity index (χ0) is 28.6. The number of rotatable bonds is 12. The highest BCUT2D eigenvalue weighted by Gasteiger charge is 2.33. The highest BCUT2D eigenvalue weighted by molar-refractivity contribution is 7.92. The third-order valence-electron chi connectivity index (χ3n) is 6.35. The van der Waals surface area contributed by atoms with Gasteiger partial charge in [0.15, 0.2) is 0 Å². The van der Waals surface area contributed by atoms with Gasteiger partial charge in [-0.1, -0.05) is 67.4 Å². The van der Waals surface area contributed by atoms with Crippen molar-refractivity contribution in [1.29, 1.82) is 0 Å². The van der Waals surface area contributed by atoms with Crippen LogP contribution in [0.4, 0.5) is 10.1 Å². The largest absolute Gasteiger partial charge is 0.354 e. The van der Waals surface area contributed by atoms with Crippen LogP contribution >= 0.6 is 11.6 Å². The van der Waals surface area contributed by atoms with Crippen LogP contribution in [0, 0.1) is 12.7 Å². The van der Waals surface area contributed by atoms with Gasteiger partial charge in [0.2, 0.25) is 11.8 Å². The number of anilines is 1. The van der Waals surface area contributed by atoms with Crippen LogP contribution in [0.1, 0.15) is 37.8 Å². The summed E-state index contributed by atoms with van der Waals surface area (Å²) in [5.41, 5.74) is 1.13. The predicted molar refractivity (Wildman–Crippen MR) is 151 cm³/mol. The number of amides is 2. The van der Waals surface area contributed by atoms with Gasteiger partial charge in [0.05, 0.1) is 10.6 Å². The van der Waals surface area contributed by atoms with Crippen LogP contribution in [-0.4, -0.2) is 44.3 Å². The molecule has 0 aromatic heterocycles. The maximum Gasteiger partial charge on any atom is 0.264 e. The molecule has 1 N–H and O–H groups in total. The minimum atomic E-state index is -4.20. The van der Waals surface area contributed by atoms with Crippen molar-refractivity contribution in [3.8, 4) is 0 Å². The van der Waals surface area contributed by atoms with E-state index in [0.717, 1.165) is 22.7 Å². The molecule has 0 radical (unpaired) electrons. The SMILES string of the molecule is CCCCNC(=O)C(C)N(Cc1ccccc1F)C(=O)CN(c1ccc(C)c(Cl)c1)S(=O)(=O)c1ccccc1. The summed E-state index contributed by atoms with van der Waals surface area (Å²) in [7, 11) is -4.20. The van der Waals surface area contributed by atoms with Crippen LogP contribution < -0.4 is 9.62 Å². The van der Waals surface area contributed by atoms with Gasteiger partial charge in [0, 0.05) is 23.7 Å². The summed E-state index contributed by atoms with van der Waals surface area (Å²) in [5, 5.41) is 3.13. The second-order valence-electron chi connectivity index (χ2n) is 9.19. The van der Waals surface area contributed by atoms with E-state index in [1.807, 2.05) is 6.92 Å². The standard InChI is InChI=1S/C29H33ClFN3O4S/c1-4-5-17-32-29(36)22(3)33(19-23-11-9-10-14-27(23)31)28(35)20-34(24-16-15-21(2)26(30)18-24)39(37,38)25-12-7-6-8-13-25/h6-16,18,22H,4-5,17,19-20H2,1-3H3,(H,32,36). The number of halogens is 2. The molecule has 0 spiro atoms. The average Bonchev–Trinajstić information content (AvgIpc) is 2.92. The van der Waals surface area contributed by atoms with Gasteiger partial charge in [-0.25, -0.2) is 12.8 Å². The van der Waals surface area contributed by atoms with E-state index in [-0.39, 0.29) is 22.7 Å². The number of aryl methyl sites for hydroxylation is 1. The molecule has 3 aromatic carbocycles. The molecule has 10 heteroatoms. The first kappa shape index (κ1) is 30.1. The maximum atomic E-state index is 14.6. The Labute approximate surface area is 234 Å². The number of benzene rings is 3. The highest BCUT2D eigenvalue weighted by atomic mass is 35.5. The summed E-state index contributed by atoms with van der Waals surface area (Å²) < 4.78 is 43.1. The lowest BCUT2D eigenvalue weighted by Crippen LogP contribution is -2.51. The third-order valence-corrected chi connectivity index (χ3v) is 8.54. The molecule has 0 aliphatic rings. The molecule has 0 saturated carbocycles. The Morgan fingerprint density at radius 3 is 2.33 bits per heavy atom. The van der Waals surface area contributed by atoms with Gasteiger partial charge >= 0.3 is 0 Å². The monoisotopic (exact) mass is 573 g/mol.